The number of phosphoric acid groups is 1. The van der Waals surface area contributed by atoms with E-state index in [-0.39, 0.29) is 19.6 Å². The standard InChI is InChI=1S/C43H79O9P/c1-3-5-7-9-11-13-15-17-19-21-23-25-27-29-31-33-35-43(46)52-42(40-51-53(47,48)50-38-41(45)37-44)39-49-36-34-32-30-28-26-24-22-20-18-16-14-12-10-8-6-4-2/h6,8,12,14,18-21,41-42,44-45H,3-5,7,9-11,13,15-17,22-40H2,1-2H3,(H,47,48)/b8-6-,14-12-,20-18-,21-19-. The van der Waals surface area contributed by atoms with Gasteiger partial charge in [0.2, 0.25) is 0 Å². The van der Waals surface area contributed by atoms with Crippen molar-refractivity contribution in [1.29, 1.82) is 0 Å². The summed E-state index contributed by atoms with van der Waals surface area (Å²) in [6.07, 6.45) is 43.5. The van der Waals surface area contributed by atoms with Crippen LogP contribution in [-0.4, -0.2) is 66.3 Å². The molecule has 0 aromatic heterocycles. The smallest absolute Gasteiger partial charge is 0.457 e. The summed E-state index contributed by atoms with van der Waals surface area (Å²) in [6, 6.07) is 0. The molecule has 0 saturated carbocycles. The molecule has 0 heterocycles. The van der Waals surface area contributed by atoms with Crippen LogP contribution in [-0.2, 0) is 27.9 Å². The lowest BCUT2D eigenvalue weighted by molar-refractivity contribution is -0.154. The molecule has 0 aliphatic carbocycles. The number of allylic oxidation sites excluding steroid dienone is 8. The Bertz CT molecular complexity index is 965. The number of ether oxygens (including phenoxy) is 2. The first-order valence-electron chi connectivity index (χ1n) is 21.1. The van der Waals surface area contributed by atoms with E-state index < -0.39 is 39.2 Å². The van der Waals surface area contributed by atoms with E-state index >= 15 is 0 Å². The van der Waals surface area contributed by atoms with Crippen molar-refractivity contribution in [2.24, 2.45) is 0 Å². The monoisotopic (exact) mass is 771 g/mol. The van der Waals surface area contributed by atoms with Crippen LogP contribution in [0.25, 0.3) is 0 Å². The van der Waals surface area contributed by atoms with Crippen molar-refractivity contribution in [3.8, 4) is 0 Å². The molecule has 0 amide bonds. The van der Waals surface area contributed by atoms with E-state index in [9.17, 15) is 19.4 Å². The Morgan fingerprint density at radius 1 is 0.604 bits per heavy atom. The van der Waals surface area contributed by atoms with Crippen LogP contribution in [0.15, 0.2) is 48.6 Å². The number of unbranched alkanes of at least 4 members (excludes halogenated alkanes) is 18. The molecule has 53 heavy (non-hydrogen) atoms. The Hall–Kier alpha value is -1.58. The summed E-state index contributed by atoms with van der Waals surface area (Å²) >= 11 is 0. The maximum absolute atomic E-state index is 12.6. The van der Waals surface area contributed by atoms with Gasteiger partial charge in [-0.2, -0.15) is 0 Å². The lowest BCUT2D eigenvalue weighted by Crippen LogP contribution is -2.29. The van der Waals surface area contributed by atoms with Crippen molar-refractivity contribution >= 4 is 13.8 Å². The predicted molar refractivity (Wildman–Crippen MR) is 219 cm³/mol. The maximum atomic E-state index is 12.6. The van der Waals surface area contributed by atoms with Gasteiger partial charge < -0.3 is 24.6 Å². The van der Waals surface area contributed by atoms with Gasteiger partial charge in [0, 0.05) is 13.0 Å². The minimum atomic E-state index is -4.52. The van der Waals surface area contributed by atoms with Crippen LogP contribution < -0.4 is 0 Å². The number of esters is 1. The minimum absolute atomic E-state index is 0.0362. The van der Waals surface area contributed by atoms with Crippen molar-refractivity contribution < 1.29 is 43.0 Å². The van der Waals surface area contributed by atoms with E-state index in [4.69, 9.17) is 23.6 Å². The van der Waals surface area contributed by atoms with Crippen molar-refractivity contribution in [1.82, 2.24) is 0 Å². The molecule has 0 aromatic rings. The largest absolute Gasteiger partial charge is 0.472 e. The highest BCUT2D eigenvalue weighted by Crippen LogP contribution is 2.43. The molecule has 0 fully saturated rings. The van der Waals surface area contributed by atoms with E-state index in [1.165, 1.54) is 70.6 Å². The van der Waals surface area contributed by atoms with E-state index in [1.807, 2.05) is 0 Å². The zero-order valence-corrected chi connectivity index (χ0v) is 34.6. The Labute approximate surface area is 324 Å². The highest BCUT2D eigenvalue weighted by Gasteiger charge is 2.26. The molecule has 3 unspecified atom stereocenters. The lowest BCUT2D eigenvalue weighted by atomic mass is 10.1. The number of hydrogen-bond acceptors (Lipinski definition) is 8. The fourth-order valence-corrected chi connectivity index (χ4v) is 6.33. The molecule has 9 nitrogen and oxygen atoms in total. The Kier molecular flexibility index (Phi) is 38.9. The molecule has 0 saturated heterocycles. The molecule has 0 aromatic carbocycles. The molecule has 0 aliphatic heterocycles. The van der Waals surface area contributed by atoms with Gasteiger partial charge in [0.25, 0.3) is 0 Å². The topological polar surface area (TPSA) is 132 Å². The van der Waals surface area contributed by atoms with Crippen LogP contribution in [0.4, 0.5) is 0 Å². The number of hydrogen-bond donors (Lipinski definition) is 3. The summed E-state index contributed by atoms with van der Waals surface area (Å²) in [5.74, 6) is -0.397. The summed E-state index contributed by atoms with van der Waals surface area (Å²) in [5, 5.41) is 18.3. The van der Waals surface area contributed by atoms with Gasteiger partial charge >= 0.3 is 13.8 Å². The van der Waals surface area contributed by atoms with Crippen molar-refractivity contribution in [3.05, 3.63) is 48.6 Å². The third kappa shape index (κ3) is 39.9. The van der Waals surface area contributed by atoms with E-state index in [2.05, 4.69) is 62.5 Å². The van der Waals surface area contributed by atoms with Crippen LogP contribution >= 0.6 is 7.82 Å². The van der Waals surface area contributed by atoms with Gasteiger partial charge in [0.1, 0.15) is 12.2 Å². The number of carbonyl (C=O) groups excluding carboxylic acids is 1. The van der Waals surface area contributed by atoms with Gasteiger partial charge in [-0.1, -0.05) is 146 Å². The fourth-order valence-electron chi connectivity index (χ4n) is 5.54. The highest BCUT2D eigenvalue weighted by atomic mass is 31.2. The normalized spacial score (nSPS) is 14.6. The van der Waals surface area contributed by atoms with E-state index in [0.717, 1.165) is 77.0 Å². The van der Waals surface area contributed by atoms with Gasteiger partial charge in [-0.05, 0) is 70.6 Å². The summed E-state index contributed by atoms with van der Waals surface area (Å²) < 4.78 is 33.3. The Morgan fingerprint density at radius 3 is 1.64 bits per heavy atom. The first kappa shape index (κ1) is 51.4. The minimum Gasteiger partial charge on any atom is -0.457 e. The number of carbonyl (C=O) groups is 1. The number of aliphatic hydroxyl groups excluding tert-OH is 2. The predicted octanol–water partition coefficient (Wildman–Crippen LogP) is 11.4. The Morgan fingerprint density at radius 2 is 1.08 bits per heavy atom. The summed E-state index contributed by atoms with van der Waals surface area (Å²) in [5.41, 5.74) is 0. The highest BCUT2D eigenvalue weighted by molar-refractivity contribution is 7.47. The molecular weight excluding hydrogens is 691 g/mol. The van der Waals surface area contributed by atoms with Crippen molar-refractivity contribution in [3.63, 3.8) is 0 Å². The molecule has 0 spiro atoms. The first-order chi connectivity index (χ1) is 25.8. The first-order valence-corrected chi connectivity index (χ1v) is 22.6. The SMILES string of the molecule is CC/C=C\C/C=C\C/C=C\CCCCCCCCOCC(COP(=O)(O)OCC(O)CO)OC(=O)CCCCCCC/C=C\CCCCCCCCC. The average molecular weight is 771 g/mol. The van der Waals surface area contributed by atoms with E-state index in [0.29, 0.717) is 13.0 Å². The molecular formula is C43H79O9P. The molecule has 310 valence electrons. The Balaban J connectivity index is 4.22. The second-order valence-electron chi connectivity index (χ2n) is 14.0. The molecule has 0 aliphatic rings. The average Bonchev–Trinajstić information content (AvgIpc) is 3.15. The summed E-state index contributed by atoms with van der Waals surface area (Å²) in [4.78, 5) is 22.5. The second-order valence-corrected chi connectivity index (χ2v) is 15.4. The van der Waals surface area contributed by atoms with Gasteiger partial charge in [-0.3, -0.25) is 13.8 Å². The zero-order chi connectivity index (χ0) is 38.9. The maximum Gasteiger partial charge on any atom is 0.472 e. The lowest BCUT2D eigenvalue weighted by Gasteiger charge is -2.20. The van der Waals surface area contributed by atoms with E-state index in [1.54, 1.807) is 0 Å². The molecule has 3 N–H and O–H groups in total. The van der Waals surface area contributed by atoms with Crippen molar-refractivity contribution in [2.75, 3.05) is 33.0 Å². The fraction of sp³-hybridized carbons (Fsp3) is 0.791. The van der Waals surface area contributed by atoms with Crippen LogP contribution in [0.5, 0.6) is 0 Å². The third-order valence-electron chi connectivity index (χ3n) is 8.75. The number of aliphatic hydroxyl groups is 2. The van der Waals surface area contributed by atoms with Crippen molar-refractivity contribution in [2.45, 2.75) is 187 Å². The van der Waals surface area contributed by atoms with Crippen LogP contribution in [0, 0.1) is 0 Å². The molecule has 0 rings (SSSR count). The van der Waals surface area contributed by atoms with Gasteiger partial charge in [0.15, 0.2) is 0 Å². The molecule has 10 heteroatoms. The molecule has 0 bridgehead atoms. The second kappa shape index (κ2) is 40.1. The van der Waals surface area contributed by atoms with Gasteiger partial charge in [-0.15, -0.1) is 0 Å². The van der Waals surface area contributed by atoms with Crippen LogP contribution in [0.2, 0.25) is 0 Å². The molecule has 0 radical (unpaired) electrons. The molecule has 3 atom stereocenters. The van der Waals surface area contributed by atoms with Crippen LogP contribution in [0.1, 0.15) is 174 Å². The quantitative estimate of drug-likeness (QED) is 0.0241. The zero-order valence-electron chi connectivity index (χ0n) is 33.7. The third-order valence-corrected chi connectivity index (χ3v) is 9.70. The number of rotatable bonds is 40. The van der Waals surface area contributed by atoms with Gasteiger partial charge in [0.05, 0.1) is 26.4 Å². The van der Waals surface area contributed by atoms with Crippen LogP contribution in [0.3, 0.4) is 0 Å². The summed E-state index contributed by atoms with van der Waals surface area (Å²) in [7, 11) is -4.52. The van der Waals surface area contributed by atoms with Gasteiger partial charge in [-0.25, -0.2) is 4.57 Å². The number of phosphoric ester groups is 1. The summed E-state index contributed by atoms with van der Waals surface area (Å²) in [6.45, 7) is 3.36.